The molecule has 0 amide bonds. The Morgan fingerprint density at radius 2 is 2.43 bits per heavy atom. The molecule has 0 atom stereocenters. The van der Waals surface area contributed by atoms with E-state index in [1.807, 2.05) is 0 Å². The molecule has 0 unspecified atom stereocenters. The van der Waals surface area contributed by atoms with Crippen LogP contribution in [0.5, 0.6) is 0 Å². The molecule has 0 aromatic rings. The van der Waals surface area contributed by atoms with Crippen LogP contribution < -0.4 is 0 Å². The van der Waals surface area contributed by atoms with Crippen LogP contribution in [-0.2, 0) is 0 Å². The van der Waals surface area contributed by atoms with Crippen LogP contribution in [0.15, 0.2) is 17.3 Å². The van der Waals surface area contributed by atoms with Crippen molar-refractivity contribution in [2.45, 2.75) is 0 Å². The van der Waals surface area contributed by atoms with Crippen molar-refractivity contribution in [3.63, 3.8) is 0 Å². The van der Waals surface area contributed by atoms with Crippen molar-refractivity contribution < 1.29 is 5.11 Å². The second-order valence-corrected chi connectivity index (χ2v) is 1.20. The highest BCUT2D eigenvalue weighted by Crippen LogP contribution is 1.84. The van der Waals surface area contributed by atoms with Gasteiger partial charge in [-0.3, -0.25) is 0 Å². The third kappa shape index (κ3) is 3.12. The molecule has 0 heterocycles. The van der Waals surface area contributed by atoms with Gasteiger partial charge in [-0.2, -0.15) is 4.91 Å². The number of aliphatic hydroxyl groups is 1. The lowest BCUT2D eigenvalue weighted by molar-refractivity contribution is 0.330. The zero-order valence-corrected chi connectivity index (χ0v) is 3.92. The van der Waals surface area contributed by atoms with Crippen LogP contribution in [0.3, 0.4) is 0 Å². The Morgan fingerprint density at radius 1 is 1.86 bits per heavy atom. The van der Waals surface area contributed by atoms with Crippen LogP contribution in [0, 0.1) is 4.91 Å². The molecule has 0 aromatic carbocycles. The minimum Gasteiger partial charge on any atom is -0.392 e. The maximum atomic E-state index is 9.35. The third-order valence-electron chi connectivity index (χ3n) is 0.512. The Morgan fingerprint density at radius 3 is 2.57 bits per heavy atom. The van der Waals surface area contributed by atoms with E-state index in [1.54, 1.807) is 0 Å². The highest BCUT2D eigenvalue weighted by Gasteiger charge is 1.85. The van der Waals surface area contributed by atoms with Gasteiger partial charge in [0.1, 0.15) is 6.54 Å². The van der Waals surface area contributed by atoms with Crippen molar-refractivity contribution in [1.82, 2.24) is 0 Å². The zero-order chi connectivity index (χ0) is 5.70. The molecular formula is C4H7NO2. The monoisotopic (exact) mass is 101 g/mol. The molecule has 1 N–H and O–H groups in total. The van der Waals surface area contributed by atoms with Crippen LogP contribution in [-0.4, -0.2) is 18.3 Å². The average molecular weight is 101 g/mol. The summed E-state index contributed by atoms with van der Waals surface area (Å²) < 4.78 is 0. The SMILES string of the molecule is C=C(CO)CN=O. The Hall–Kier alpha value is -0.700. The van der Waals surface area contributed by atoms with E-state index in [9.17, 15) is 4.91 Å². The number of rotatable bonds is 3. The highest BCUT2D eigenvalue weighted by molar-refractivity contribution is 4.95. The summed E-state index contributed by atoms with van der Waals surface area (Å²) in [6.45, 7) is 3.20. The van der Waals surface area contributed by atoms with E-state index in [2.05, 4.69) is 11.8 Å². The van der Waals surface area contributed by atoms with E-state index >= 15 is 0 Å². The fourth-order valence-electron chi connectivity index (χ4n) is 0.141. The summed E-state index contributed by atoms with van der Waals surface area (Å²) in [4.78, 5) is 9.35. The van der Waals surface area contributed by atoms with Crippen molar-refractivity contribution in [3.05, 3.63) is 17.1 Å². The molecule has 0 radical (unpaired) electrons. The van der Waals surface area contributed by atoms with Crippen LogP contribution in [0.4, 0.5) is 0 Å². The van der Waals surface area contributed by atoms with Gasteiger partial charge in [0.05, 0.1) is 6.61 Å². The first-order valence-electron chi connectivity index (χ1n) is 1.88. The van der Waals surface area contributed by atoms with Crippen LogP contribution in [0.2, 0.25) is 0 Å². The lowest BCUT2D eigenvalue weighted by atomic mass is 10.3. The van der Waals surface area contributed by atoms with Gasteiger partial charge in [-0.15, -0.1) is 0 Å². The molecule has 40 valence electrons. The van der Waals surface area contributed by atoms with Crippen LogP contribution in [0.1, 0.15) is 0 Å². The standard InChI is InChI=1S/C4H7NO2/c1-4(3-6)2-5-7/h6H,1-3H2. The molecule has 7 heavy (non-hydrogen) atoms. The molecule has 0 saturated heterocycles. The van der Waals surface area contributed by atoms with Crippen molar-refractivity contribution in [1.29, 1.82) is 0 Å². The van der Waals surface area contributed by atoms with Gasteiger partial charge in [0, 0.05) is 0 Å². The van der Waals surface area contributed by atoms with E-state index in [1.165, 1.54) is 0 Å². The molecule has 3 nitrogen and oxygen atoms in total. The summed E-state index contributed by atoms with van der Waals surface area (Å²) in [5.74, 6) is 0. The second kappa shape index (κ2) is 3.49. The second-order valence-electron chi connectivity index (χ2n) is 1.20. The number of hydrogen-bond acceptors (Lipinski definition) is 3. The van der Waals surface area contributed by atoms with Crippen LogP contribution in [0.25, 0.3) is 0 Å². The Balaban J connectivity index is 3.17. The van der Waals surface area contributed by atoms with E-state index in [-0.39, 0.29) is 13.2 Å². The van der Waals surface area contributed by atoms with Gasteiger partial charge in [0.2, 0.25) is 0 Å². The summed E-state index contributed by atoms with van der Waals surface area (Å²) >= 11 is 0. The molecule has 0 aliphatic carbocycles. The molecule has 0 rings (SSSR count). The average Bonchev–Trinajstić information content (AvgIpc) is 1.68. The van der Waals surface area contributed by atoms with E-state index in [4.69, 9.17) is 5.11 Å². The molecular weight excluding hydrogens is 94.0 g/mol. The van der Waals surface area contributed by atoms with Crippen molar-refractivity contribution >= 4 is 0 Å². The zero-order valence-electron chi connectivity index (χ0n) is 3.92. The topological polar surface area (TPSA) is 49.7 Å². The number of nitroso groups, excluding NO2 is 1. The highest BCUT2D eigenvalue weighted by atomic mass is 16.3. The summed E-state index contributed by atoms with van der Waals surface area (Å²) in [5.41, 5.74) is 0.454. The lowest BCUT2D eigenvalue weighted by Crippen LogP contribution is -1.90. The van der Waals surface area contributed by atoms with Crippen molar-refractivity contribution in [3.8, 4) is 0 Å². The summed E-state index contributed by atoms with van der Waals surface area (Å²) in [6.07, 6.45) is 0. The molecule has 0 fully saturated rings. The normalized spacial score (nSPS) is 8.14. The fraction of sp³-hybridized carbons (Fsp3) is 0.500. The first-order valence-corrected chi connectivity index (χ1v) is 1.88. The molecule has 0 aliphatic heterocycles. The quantitative estimate of drug-likeness (QED) is 0.410. The van der Waals surface area contributed by atoms with Gasteiger partial charge < -0.3 is 5.11 Å². The molecule has 3 heteroatoms. The van der Waals surface area contributed by atoms with Crippen LogP contribution >= 0.6 is 0 Å². The number of aliphatic hydroxyl groups excluding tert-OH is 1. The maximum absolute atomic E-state index is 9.35. The van der Waals surface area contributed by atoms with Gasteiger partial charge in [0.25, 0.3) is 0 Å². The Bertz CT molecular complexity index is 79.8. The summed E-state index contributed by atoms with van der Waals surface area (Å²) in [7, 11) is 0. The first-order chi connectivity index (χ1) is 3.31. The number of nitrogens with zero attached hydrogens (tertiary/aromatic N) is 1. The molecule has 0 aromatic heterocycles. The summed E-state index contributed by atoms with van der Waals surface area (Å²) in [5, 5.41) is 10.7. The Kier molecular flexibility index (Phi) is 3.14. The predicted molar refractivity (Wildman–Crippen MR) is 26.9 cm³/mol. The van der Waals surface area contributed by atoms with E-state index in [0.29, 0.717) is 5.57 Å². The molecule has 0 bridgehead atoms. The maximum Gasteiger partial charge on any atom is 0.104 e. The minimum absolute atomic E-state index is 0.0243. The summed E-state index contributed by atoms with van der Waals surface area (Å²) in [6, 6.07) is 0. The fourth-order valence-corrected chi connectivity index (χ4v) is 0.141. The third-order valence-corrected chi connectivity index (χ3v) is 0.512. The van der Waals surface area contributed by atoms with E-state index in [0.717, 1.165) is 0 Å². The van der Waals surface area contributed by atoms with Gasteiger partial charge >= 0.3 is 0 Å². The molecule has 0 spiro atoms. The van der Waals surface area contributed by atoms with Crippen molar-refractivity contribution in [2.24, 2.45) is 5.18 Å². The smallest absolute Gasteiger partial charge is 0.104 e. The molecule has 0 saturated carbocycles. The van der Waals surface area contributed by atoms with Gasteiger partial charge in [-0.05, 0) is 5.57 Å². The Labute approximate surface area is 41.6 Å². The van der Waals surface area contributed by atoms with Gasteiger partial charge in [-0.25, -0.2) is 0 Å². The van der Waals surface area contributed by atoms with E-state index < -0.39 is 0 Å². The van der Waals surface area contributed by atoms with Crippen molar-refractivity contribution in [2.75, 3.05) is 13.2 Å². The first kappa shape index (κ1) is 6.30. The number of hydrogen-bond donors (Lipinski definition) is 1. The predicted octanol–water partition coefficient (Wildman–Crippen LogP) is 0.301. The largest absolute Gasteiger partial charge is 0.392 e. The minimum atomic E-state index is -0.147. The van der Waals surface area contributed by atoms with Gasteiger partial charge in [0.15, 0.2) is 0 Å². The lowest BCUT2D eigenvalue weighted by Gasteiger charge is -1.87. The van der Waals surface area contributed by atoms with Gasteiger partial charge in [-0.1, -0.05) is 11.8 Å². The molecule has 0 aliphatic rings.